The van der Waals surface area contributed by atoms with E-state index in [0.717, 1.165) is 0 Å². The molecule has 0 spiro atoms. The van der Waals surface area contributed by atoms with Gasteiger partial charge in [0.2, 0.25) is 0 Å². The number of aromatic nitrogens is 3. The van der Waals surface area contributed by atoms with Crippen LogP contribution >= 0.6 is 24.0 Å². The minimum absolute atomic E-state index is 0. The van der Waals surface area contributed by atoms with Crippen molar-refractivity contribution in [1.29, 1.82) is 0 Å². The number of anilines is 1. The van der Waals surface area contributed by atoms with Crippen LogP contribution in [0.1, 0.15) is 34.5 Å². The molecule has 10 heteroatoms. The van der Waals surface area contributed by atoms with E-state index in [1.807, 2.05) is 0 Å². The number of benzene rings is 1. The maximum atomic E-state index is 12.2. The molecule has 0 bridgehead atoms. The molecule has 0 amide bonds. The minimum Gasteiger partial charge on any atom is -0.453 e. The number of aliphatic hydroxyl groups is 2. The van der Waals surface area contributed by atoms with Crippen molar-refractivity contribution in [3.05, 3.63) is 52.9 Å². The zero-order valence-corrected chi connectivity index (χ0v) is 16.5. The molecule has 29 heavy (non-hydrogen) atoms. The van der Waals surface area contributed by atoms with E-state index in [2.05, 4.69) is 9.97 Å². The van der Waals surface area contributed by atoms with Gasteiger partial charge in [0, 0.05) is 22.7 Å². The number of nitrogen functional groups attached to an aromatic ring is 1. The molecule has 8 nitrogen and oxygen atoms in total. The Balaban J connectivity index is 0.00000205. The third-order valence-electron chi connectivity index (χ3n) is 5.76. The number of carbonyl (C=O) groups is 1. The van der Waals surface area contributed by atoms with Crippen LogP contribution in [0.4, 0.5) is 5.82 Å². The number of rotatable bonds is 2. The Hall–Kier alpha value is -2.39. The van der Waals surface area contributed by atoms with E-state index in [4.69, 9.17) is 22.1 Å². The highest BCUT2D eigenvalue weighted by atomic mass is 35.5. The van der Waals surface area contributed by atoms with E-state index in [-0.39, 0.29) is 12.4 Å². The molecule has 152 valence electrons. The molecule has 3 heterocycles. The SMILES string of the molecule is Cl.Nc1ncnc2c1ccn2[C@@H]1C[C@H]([C@@H]2OC(=O)c3cc(Cl)ccc32)[C@@H](O)[C@H]1O. The van der Waals surface area contributed by atoms with Crippen molar-refractivity contribution >= 4 is 46.8 Å². The minimum atomic E-state index is -1.07. The van der Waals surface area contributed by atoms with Crippen LogP contribution < -0.4 is 5.73 Å². The van der Waals surface area contributed by atoms with E-state index in [9.17, 15) is 15.0 Å². The topological polar surface area (TPSA) is 123 Å². The van der Waals surface area contributed by atoms with Gasteiger partial charge in [-0.25, -0.2) is 14.8 Å². The van der Waals surface area contributed by atoms with Gasteiger partial charge in [-0.15, -0.1) is 12.4 Å². The molecule has 1 aromatic carbocycles. The summed E-state index contributed by atoms with van der Waals surface area (Å²) in [7, 11) is 0. The predicted molar refractivity (Wildman–Crippen MR) is 108 cm³/mol. The summed E-state index contributed by atoms with van der Waals surface area (Å²) in [6.45, 7) is 0. The first-order valence-electron chi connectivity index (χ1n) is 8.89. The number of hydrogen-bond acceptors (Lipinski definition) is 7. The summed E-state index contributed by atoms with van der Waals surface area (Å²) in [5.74, 6) is -0.591. The molecule has 5 rings (SSSR count). The number of fused-ring (bicyclic) bond motifs is 2. The summed E-state index contributed by atoms with van der Waals surface area (Å²) < 4.78 is 7.33. The molecule has 1 fully saturated rings. The standard InChI is InChI=1S/C19H17ClN4O4.ClH/c20-8-1-2-9-11(5-8)19(27)28-16(9)12-6-13(15(26)14(12)25)24-4-3-10-17(21)22-7-23-18(10)24;/h1-5,7,12-16,25-26H,6H2,(H2,21,22,23);1H/t12-,13+,14+,15-,16+;/m0./s1. The molecule has 1 aliphatic heterocycles. The third kappa shape index (κ3) is 2.95. The number of nitrogens with zero attached hydrogens (tertiary/aromatic N) is 3. The fourth-order valence-electron chi connectivity index (χ4n) is 4.39. The number of esters is 1. The van der Waals surface area contributed by atoms with E-state index in [0.29, 0.717) is 39.4 Å². The molecule has 4 N–H and O–H groups in total. The van der Waals surface area contributed by atoms with Crippen molar-refractivity contribution in [2.24, 2.45) is 5.92 Å². The van der Waals surface area contributed by atoms with Crippen molar-refractivity contribution in [1.82, 2.24) is 14.5 Å². The molecule has 0 unspecified atom stereocenters. The van der Waals surface area contributed by atoms with Crippen LogP contribution in [0.3, 0.4) is 0 Å². The third-order valence-corrected chi connectivity index (χ3v) is 5.99. The molecule has 3 aromatic rings. The summed E-state index contributed by atoms with van der Waals surface area (Å²) in [5, 5.41) is 22.6. The van der Waals surface area contributed by atoms with Gasteiger partial charge < -0.3 is 25.3 Å². The number of hydrogen-bond donors (Lipinski definition) is 3. The van der Waals surface area contributed by atoms with E-state index in [1.54, 1.807) is 35.0 Å². The second kappa shape index (κ2) is 7.14. The van der Waals surface area contributed by atoms with Gasteiger partial charge in [-0.3, -0.25) is 0 Å². The normalized spacial score (nSPS) is 28.2. The lowest BCUT2D eigenvalue weighted by Crippen LogP contribution is -2.31. The lowest BCUT2D eigenvalue weighted by atomic mass is 9.91. The summed E-state index contributed by atoms with van der Waals surface area (Å²) in [4.78, 5) is 20.5. The van der Waals surface area contributed by atoms with E-state index < -0.39 is 36.2 Å². The number of aliphatic hydroxyl groups excluding tert-OH is 2. The molecular formula is C19H18Cl2N4O4. The Kier molecular flexibility index (Phi) is 4.90. The Morgan fingerprint density at radius 3 is 2.79 bits per heavy atom. The molecular weight excluding hydrogens is 419 g/mol. The first-order chi connectivity index (χ1) is 13.5. The zero-order chi connectivity index (χ0) is 19.6. The van der Waals surface area contributed by atoms with Crippen LogP contribution in [0.25, 0.3) is 11.0 Å². The van der Waals surface area contributed by atoms with Gasteiger partial charge in [0.1, 0.15) is 30.0 Å². The molecule has 5 atom stereocenters. The summed E-state index contributed by atoms with van der Waals surface area (Å²) in [5.41, 5.74) is 7.55. The lowest BCUT2D eigenvalue weighted by molar-refractivity contribution is -0.0332. The quantitative estimate of drug-likeness (QED) is 0.526. The highest BCUT2D eigenvalue weighted by Crippen LogP contribution is 2.48. The van der Waals surface area contributed by atoms with Crippen LogP contribution in [-0.2, 0) is 4.74 Å². The second-order valence-corrected chi connectivity index (χ2v) is 7.66. The molecule has 0 radical (unpaired) electrons. The van der Waals surface area contributed by atoms with Crippen LogP contribution in [0.15, 0.2) is 36.8 Å². The van der Waals surface area contributed by atoms with Gasteiger partial charge in [-0.05, 0) is 24.6 Å². The summed E-state index contributed by atoms with van der Waals surface area (Å²) in [6.07, 6.45) is 0.773. The van der Waals surface area contributed by atoms with Gasteiger partial charge in [-0.1, -0.05) is 17.7 Å². The van der Waals surface area contributed by atoms with Crippen LogP contribution in [0.5, 0.6) is 0 Å². The predicted octanol–water partition coefficient (Wildman–Crippen LogP) is 2.28. The van der Waals surface area contributed by atoms with Crippen molar-refractivity contribution < 1.29 is 19.7 Å². The maximum Gasteiger partial charge on any atom is 0.339 e. The van der Waals surface area contributed by atoms with Gasteiger partial charge in [0.25, 0.3) is 0 Å². The van der Waals surface area contributed by atoms with Crippen molar-refractivity contribution in [3.63, 3.8) is 0 Å². The van der Waals surface area contributed by atoms with Crippen molar-refractivity contribution in [2.75, 3.05) is 5.73 Å². The fourth-order valence-corrected chi connectivity index (χ4v) is 4.56. The first-order valence-corrected chi connectivity index (χ1v) is 9.27. The summed E-state index contributed by atoms with van der Waals surface area (Å²) >= 11 is 5.98. The Morgan fingerprint density at radius 1 is 1.21 bits per heavy atom. The van der Waals surface area contributed by atoms with E-state index in [1.165, 1.54) is 6.33 Å². The fraction of sp³-hybridized carbons (Fsp3) is 0.316. The average molecular weight is 437 g/mol. The Bertz CT molecular complexity index is 1110. The van der Waals surface area contributed by atoms with Crippen LogP contribution in [0.2, 0.25) is 5.02 Å². The largest absolute Gasteiger partial charge is 0.453 e. The second-order valence-electron chi connectivity index (χ2n) is 7.22. The molecule has 1 saturated carbocycles. The summed E-state index contributed by atoms with van der Waals surface area (Å²) in [6, 6.07) is 6.32. The van der Waals surface area contributed by atoms with Crippen LogP contribution in [0, 0.1) is 5.92 Å². The maximum absolute atomic E-state index is 12.2. The number of nitrogens with two attached hydrogens (primary N) is 1. The Morgan fingerprint density at radius 2 is 2.00 bits per heavy atom. The monoisotopic (exact) mass is 436 g/mol. The first kappa shape index (κ1) is 19.9. The van der Waals surface area contributed by atoms with Gasteiger partial charge in [0.15, 0.2) is 0 Å². The highest BCUT2D eigenvalue weighted by molar-refractivity contribution is 6.31. The van der Waals surface area contributed by atoms with Crippen molar-refractivity contribution in [2.45, 2.75) is 30.8 Å². The average Bonchev–Trinajstić information content (AvgIpc) is 3.32. The Labute approximate surface area is 176 Å². The van der Waals surface area contributed by atoms with Crippen molar-refractivity contribution in [3.8, 4) is 0 Å². The highest BCUT2D eigenvalue weighted by Gasteiger charge is 2.50. The number of ether oxygens (including phenoxy) is 1. The number of carbonyl (C=O) groups excluding carboxylic acids is 1. The van der Waals surface area contributed by atoms with E-state index >= 15 is 0 Å². The lowest BCUT2D eigenvalue weighted by Gasteiger charge is -2.22. The molecule has 1 aliphatic carbocycles. The zero-order valence-electron chi connectivity index (χ0n) is 15.0. The van der Waals surface area contributed by atoms with Crippen LogP contribution in [-0.4, -0.2) is 42.9 Å². The molecule has 0 saturated heterocycles. The van der Waals surface area contributed by atoms with Gasteiger partial charge in [-0.2, -0.15) is 0 Å². The van der Waals surface area contributed by atoms with Gasteiger partial charge in [0.05, 0.1) is 23.1 Å². The number of cyclic esters (lactones) is 1. The van der Waals surface area contributed by atoms with Gasteiger partial charge >= 0.3 is 5.97 Å². The smallest absolute Gasteiger partial charge is 0.339 e. The molecule has 2 aromatic heterocycles. The molecule has 2 aliphatic rings. The number of halogens is 2.